The number of phenolic OH excluding ortho intramolecular Hbond substituents is 1. The highest BCUT2D eigenvalue weighted by atomic mass is 35.5. The Hall–Kier alpha value is -3.70. The van der Waals surface area contributed by atoms with Crippen LogP contribution in [0.1, 0.15) is 29.8 Å². The van der Waals surface area contributed by atoms with Gasteiger partial charge in [-0.25, -0.2) is 0 Å². The largest absolute Gasteiger partial charge is 0.505 e. The Morgan fingerprint density at radius 1 is 1.00 bits per heavy atom. The fraction of sp³-hybridized carbons (Fsp3) is 0.148. The van der Waals surface area contributed by atoms with Crippen molar-refractivity contribution in [3.63, 3.8) is 0 Å². The maximum absolute atomic E-state index is 13.2. The molecule has 0 aliphatic carbocycles. The summed E-state index contributed by atoms with van der Waals surface area (Å²) in [6, 6.07) is 15.9. The number of anilines is 1. The molecule has 0 bridgehead atoms. The molecule has 0 heterocycles. The van der Waals surface area contributed by atoms with Crippen LogP contribution in [0, 0.1) is 0 Å². The Labute approximate surface area is 234 Å². The minimum Gasteiger partial charge on any atom is -0.505 e. The third kappa shape index (κ3) is 6.15. The van der Waals surface area contributed by atoms with Gasteiger partial charge in [-0.05, 0) is 48.6 Å². The van der Waals surface area contributed by atoms with Crippen LogP contribution in [0.25, 0.3) is 10.8 Å². The second kappa shape index (κ2) is 11.6. The van der Waals surface area contributed by atoms with E-state index in [0.29, 0.717) is 33.8 Å². The predicted octanol–water partition coefficient (Wildman–Crippen LogP) is 7.73. The normalized spacial score (nSPS) is 11.7. The van der Waals surface area contributed by atoms with E-state index in [1.165, 1.54) is 24.3 Å². The Morgan fingerprint density at radius 2 is 1.72 bits per heavy atom. The van der Waals surface area contributed by atoms with Crippen molar-refractivity contribution in [3.8, 4) is 11.5 Å². The van der Waals surface area contributed by atoms with Crippen LogP contribution in [0.4, 0.5) is 17.1 Å². The molecule has 4 aromatic rings. The van der Waals surface area contributed by atoms with Gasteiger partial charge in [-0.15, -0.1) is 10.2 Å². The maximum atomic E-state index is 13.2. The molecule has 3 N–H and O–H groups in total. The fourth-order valence-electron chi connectivity index (χ4n) is 4.02. The second-order valence-electron chi connectivity index (χ2n) is 8.32. The van der Waals surface area contributed by atoms with Gasteiger partial charge in [0, 0.05) is 22.2 Å². The summed E-state index contributed by atoms with van der Waals surface area (Å²) in [6.07, 6.45) is 0.271. The molecular weight excluding hydrogens is 565 g/mol. The molecule has 0 atom stereocenters. The monoisotopic (exact) mass is 587 g/mol. The number of nitrogens with zero attached hydrogens (tertiary/aromatic N) is 2. The van der Waals surface area contributed by atoms with Gasteiger partial charge in [0.15, 0.2) is 5.75 Å². The van der Waals surface area contributed by atoms with Crippen LogP contribution in [0.15, 0.2) is 75.8 Å². The molecule has 0 saturated carbocycles. The molecule has 0 radical (unpaired) electrons. The molecule has 4 rings (SSSR count). The number of azo groups is 1. The first-order chi connectivity index (χ1) is 18.5. The average molecular weight is 588 g/mol. The fourth-order valence-corrected chi connectivity index (χ4v) is 5.44. The summed E-state index contributed by atoms with van der Waals surface area (Å²) in [4.78, 5) is 12.8. The van der Waals surface area contributed by atoms with E-state index in [1.54, 1.807) is 43.3 Å². The third-order valence-corrected chi connectivity index (χ3v) is 7.23. The van der Waals surface area contributed by atoms with Crippen molar-refractivity contribution < 1.29 is 27.6 Å². The molecule has 39 heavy (non-hydrogen) atoms. The Balaban J connectivity index is 1.84. The van der Waals surface area contributed by atoms with Crippen molar-refractivity contribution in [2.24, 2.45) is 10.2 Å². The number of benzene rings is 4. The van der Waals surface area contributed by atoms with Crippen molar-refractivity contribution in [1.29, 1.82) is 0 Å². The number of phenols is 1. The lowest BCUT2D eigenvalue weighted by Crippen LogP contribution is -2.12. The van der Waals surface area contributed by atoms with Gasteiger partial charge >= 0.3 is 0 Å². The zero-order valence-corrected chi connectivity index (χ0v) is 23.1. The van der Waals surface area contributed by atoms with Gasteiger partial charge in [-0.3, -0.25) is 9.35 Å². The summed E-state index contributed by atoms with van der Waals surface area (Å²) in [5, 5.41) is 23.2. The number of aromatic hydroxyl groups is 1. The minimum absolute atomic E-state index is 0.0765. The van der Waals surface area contributed by atoms with Crippen molar-refractivity contribution in [2.45, 2.75) is 25.2 Å². The third-order valence-electron chi connectivity index (χ3n) is 5.73. The SMILES string of the molecule is CCOc1cc(Cl)cc(NC(=O)c2cc3ccccc3c(N=Nc3c(Cl)ccc(CC)c3S(=O)(=O)O)c2O)c1. The number of fused-ring (bicyclic) bond motifs is 1. The molecular formula is C27H23Cl2N3O6S. The van der Waals surface area contributed by atoms with Gasteiger partial charge in [0.1, 0.15) is 22.0 Å². The van der Waals surface area contributed by atoms with Crippen molar-refractivity contribution >= 4 is 67.1 Å². The molecule has 4 aromatic carbocycles. The number of nitrogens with one attached hydrogen (secondary N) is 1. The summed E-state index contributed by atoms with van der Waals surface area (Å²) in [6.45, 7) is 3.92. The molecule has 0 fully saturated rings. The number of carbonyl (C=O) groups excluding carboxylic acids is 1. The Bertz CT molecular complexity index is 1720. The zero-order valence-electron chi connectivity index (χ0n) is 20.8. The molecule has 0 unspecified atom stereocenters. The van der Waals surface area contributed by atoms with Gasteiger partial charge in [0.05, 0.1) is 17.2 Å². The first-order valence-corrected chi connectivity index (χ1v) is 13.9. The van der Waals surface area contributed by atoms with Gasteiger partial charge in [-0.1, -0.05) is 60.5 Å². The highest BCUT2D eigenvalue weighted by Gasteiger charge is 2.24. The van der Waals surface area contributed by atoms with Crippen molar-refractivity contribution in [3.05, 3.63) is 81.8 Å². The van der Waals surface area contributed by atoms with E-state index < -0.39 is 26.7 Å². The molecule has 0 saturated heterocycles. The topological polar surface area (TPSA) is 138 Å². The van der Waals surface area contributed by atoms with Crippen LogP contribution in [-0.2, 0) is 16.5 Å². The molecule has 0 aliphatic rings. The average Bonchev–Trinajstić information content (AvgIpc) is 2.87. The minimum atomic E-state index is -4.71. The number of aryl methyl sites for hydroxylation is 1. The molecule has 9 nitrogen and oxygen atoms in total. The standard InChI is InChI=1S/C27H23Cl2N3O6S/c1-3-15-9-10-22(29)24(26(15)39(35,36)37)32-31-23-20-8-6-5-7-16(20)11-21(25(23)33)27(34)30-18-12-17(28)13-19(14-18)38-4-2/h5-14,33H,3-4H2,1-2H3,(H,30,34)(H,35,36,37). The number of halogens is 2. The number of carbonyl (C=O) groups is 1. The summed E-state index contributed by atoms with van der Waals surface area (Å²) >= 11 is 12.4. The molecule has 0 aliphatic heterocycles. The number of amides is 1. The Kier molecular flexibility index (Phi) is 8.41. The van der Waals surface area contributed by atoms with Crippen LogP contribution in [-0.4, -0.2) is 30.6 Å². The lowest BCUT2D eigenvalue weighted by molar-refractivity contribution is 0.102. The summed E-state index contributed by atoms with van der Waals surface area (Å²) < 4.78 is 39.6. The molecule has 12 heteroatoms. The molecule has 202 valence electrons. The lowest BCUT2D eigenvalue weighted by atomic mass is 10.0. The first-order valence-electron chi connectivity index (χ1n) is 11.7. The van der Waals surface area contributed by atoms with Crippen LogP contribution in [0.2, 0.25) is 10.0 Å². The molecule has 0 spiro atoms. The zero-order chi connectivity index (χ0) is 28.3. The number of ether oxygens (including phenoxy) is 1. The van der Waals surface area contributed by atoms with Crippen molar-refractivity contribution in [2.75, 3.05) is 11.9 Å². The first kappa shape index (κ1) is 28.3. The van der Waals surface area contributed by atoms with Crippen LogP contribution >= 0.6 is 23.2 Å². The second-order valence-corrected chi connectivity index (χ2v) is 10.5. The predicted molar refractivity (Wildman–Crippen MR) is 151 cm³/mol. The maximum Gasteiger partial charge on any atom is 0.297 e. The van der Waals surface area contributed by atoms with E-state index >= 15 is 0 Å². The summed E-state index contributed by atoms with van der Waals surface area (Å²) in [5.74, 6) is -0.708. The lowest BCUT2D eigenvalue weighted by Gasteiger charge is -2.13. The summed E-state index contributed by atoms with van der Waals surface area (Å²) in [7, 11) is -4.71. The van der Waals surface area contributed by atoms with Gasteiger partial charge in [-0.2, -0.15) is 8.42 Å². The highest BCUT2D eigenvalue weighted by molar-refractivity contribution is 7.86. The van der Waals surface area contributed by atoms with E-state index in [4.69, 9.17) is 27.9 Å². The summed E-state index contributed by atoms with van der Waals surface area (Å²) in [5.41, 5.74) is 0.112. The van der Waals surface area contributed by atoms with Crippen molar-refractivity contribution in [1.82, 2.24) is 0 Å². The van der Waals surface area contributed by atoms with Gasteiger partial charge < -0.3 is 15.2 Å². The quantitative estimate of drug-likeness (QED) is 0.142. The van der Waals surface area contributed by atoms with E-state index in [0.717, 1.165) is 0 Å². The van der Waals surface area contributed by atoms with E-state index in [2.05, 4.69) is 15.5 Å². The molecule has 0 aromatic heterocycles. The van der Waals surface area contributed by atoms with Crippen LogP contribution < -0.4 is 10.1 Å². The van der Waals surface area contributed by atoms with Crippen LogP contribution in [0.3, 0.4) is 0 Å². The smallest absolute Gasteiger partial charge is 0.297 e. The highest BCUT2D eigenvalue weighted by Crippen LogP contribution is 2.42. The number of hydrogen-bond acceptors (Lipinski definition) is 7. The van der Waals surface area contributed by atoms with E-state index in [1.807, 2.05) is 6.92 Å². The van der Waals surface area contributed by atoms with E-state index in [9.17, 15) is 22.9 Å². The van der Waals surface area contributed by atoms with Gasteiger partial charge in [0.2, 0.25) is 0 Å². The van der Waals surface area contributed by atoms with Gasteiger partial charge in [0.25, 0.3) is 16.0 Å². The van der Waals surface area contributed by atoms with Crippen LogP contribution in [0.5, 0.6) is 11.5 Å². The number of hydrogen-bond donors (Lipinski definition) is 3. The number of rotatable bonds is 8. The Morgan fingerprint density at radius 3 is 2.41 bits per heavy atom. The molecule has 1 amide bonds. The van der Waals surface area contributed by atoms with E-state index in [-0.39, 0.29) is 33.9 Å².